The Balaban J connectivity index is 2.90. The van der Waals surface area contributed by atoms with Gasteiger partial charge in [0.15, 0.2) is 0 Å². The van der Waals surface area contributed by atoms with Gasteiger partial charge in [-0.1, -0.05) is 39.0 Å². The summed E-state index contributed by atoms with van der Waals surface area (Å²) < 4.78 is 11.0. The van der Waals surface area contributed by atoms with E-state index in [0.29, 0.717) is 6.61 Å². The molecule has 0 saturated heterocycles. The van der Waals surface area contributed by atoms with Gasteiger partial charge in [-0.2, -0.15) is 0 Å². The maximum Gasteiger partial charge on any atom is 0.329 e. The molecule has 0 heterocycles. The van der Waals surface area contributed by atoms with Crippen molar-refractivity contribution in [3.63, 3.8) is 0 Å². The highest BCUT2D eigenvalue weighted by atomic mass is 16.5. The normalized spacial score (nSPS) is 14.4. The molecule has 0 aliphatic carbocycles. The molecule has 1 N–H and O–H groups in total. The van der Waals surface area contributed by atoms with Crippen molar-refractivity contribution in [2.45, 2.75) is 45.6 Å². The zero-order chi connectivity index (χ0) is 16.1. The summed E-state index contributed by atoms with van der Waals surface area (Å²) in [6, 6.07) is 7.92. The summed E-state index contributed by atoms with van der Waals surface area (Å²) in [6.45, 7) is 10.6. The van der Waals surface area contributed by atoms with E-state index in [4.69, 9.17) is 9.47 Å². The van der Waals surface area contributed by atoms with E-state index >= 15 is 0 Å². The molecule has 0 bridgehead atoms. The molecule has 0 fully saturated rings. The van der Waals surface area contributed by atoms with Crippen molar-refractivity contribution in [3.8, 4) is 5.75 Å². The first-order valence-electron chi connectivity index (χ1n) is 7.33. The van der Waals surface area contributed by atoms with E-state index in [0.717, 1.165) is 11.3 Å². The maximum absolute atomic E-state index is 12.0. The highest BCUT2D eigenvalue weighted by molar-refractivity contribution is 5.80. The Kier molecular flexibility index (Phi) is 5.78. The highest BCUT2D eigenvalue weighted by Crippen LogP contribution is 2.31. The maximum atomic E-state index is 12.0. The number of carbonyl (C=O) groups is 1. The van der Waals surface area contributed by atoms with Crippen molar-refractivity contribution in [3.05, 3.63) is 29.8 Å². The van der Waals surface area contributed by atoms with Crippen molar-refractivity contribution < 1.29 is 14.3 Å². The van der Waals surface area contributed by atoms with Crippen LogP contribution in [0, 0.1) is 0 Å². The number of hydrogen-bond donors (Lipinski definition) is 1. The first-order chi connectivity index (χ1) is 9.74. The fourth-order valence-electron chi connectivity index (χ4n) is 1.96. The Bertz CT molecular complexity index is 479. The van der Waals surface area contributed by atoms with Gasteiger partial charge in [-0.25, -0.2) is 4.79 Å². The molecular weight excluding hydrogens is 266 g/mol. The number of nitrogens with one attached hydrogen (secondary N) is 1. The number of benzene rings is 1. The van der Waals surface area contributed by atoms with E-state index in [-0.39, 0.29) is 18.0 Å². The molecule has 1 rings (SSSR count). The van der Waals surface area contributed by atoms with E-state index in [1.807, 2.05) is 18.2 Å². The predicted molar refractivity (Wildman–Crippen MR) is 84.7 cm³/mol. The van der Waals surface area contributed by atoms with Crippen LogP contribution in [-0.2, 0) is 14.9 Å². The lowest BCUT2D eigenvalue weighted by atomic mass is 9.86. The summed E-state index contributed by atoms with van der Waals surface area (Å²) in [5, 5.41) is 2.99. The topological polar surface area (TPSA) is 47.6 Å². The van der Waals surface area contributed by atoms with Crippen LogP contribution in [-0.4, -0.2) is 31.8 Å². The summed E-state index contributed by atoms with van der Waals surface area (Å²) in [7, 11) is 1.73. The minimum atomic E-state index is -0.860. The van der Waals surface area contributed by atoms with Crippen LogP contribution in [0.2, 0.25) is 0 Å². The largest absolute Gasteiger partial charge is 0.491 e. The lowest BCUT2D eigenvalue weighted by molar-refractivity contribution is -0.151. The molecule has 0 spiro atoms. The summed E-state index contributed by atoms with van der Waals surface area (Å²) in [6.07, 6.45) is 0. The fourth-order valence-corrected chi connectivity index (χ4v) is 1.96. The minimum Gasteiger partial charge on any atom is -0.491 e. The standard InChI is InChI=1S/C17H27NO3/c1-7-20-15(19)17(5,18-6)12-21-14-11-9-8-10-13(14)16(2,3)4/h8-11,18H,7,12H2,1-6H3. The Morgan fingerprint density at radius 1 is 1.19 bits per heavy atom. The number of ether oxygens (including phenoxy) is 2. The zero-order valence-corrected chi connectivity index (χ0v) is 13.9. The number of para-hydroxylation sites is 1. The quantitative estimate of drug-likeness (QED) is 0.819. The molecule has 21 heavy (non-hydrogen) atoms. The summed E-state index contributed by atoms with van der Waals surface area (Å²) in [5.41, 5.74) is 0.240. The van der Waals surface area contributed by atoms with Crippen LogP contribution >= 0.6 is 0 Å². The lowest BCUT2D eigenvalue weighted by Crippen LogP contribution is -2.53. The number of likely N-dealkylation sites (N-methyl/N-ethyl adjacent to an activating group) is 1. The molecule has 4 nitrogen and oxygen atoms in total. The van der Waals surface area contributed by atoms with Gasteiger partial charge in [-0.3, -0.25) is 0 Å². The summed E-state index contributed by atoms with van der Waals surface area (Å²) in [4.78, 5) is 12.0. The Morgan fingerprint density at radius 3 is 2.33 bits per heavy atom. The first-order valence-corrected chi connectivity index (χ1v) is 7.33. The molecular formula is C17H27NO3. The van der Waals surface area contributed by atoms with E-state index < -0.39 is 5.54 Å². The molecule has 0 radical (unpaired) electrons. The van der Waals surface area contributed by atoms with Gasteiger partial charge in [-0.05, 0) is 37.9 Å². The molecule has 1 aromatic rings. The predicted octanol–water partition coefficient (Wildman–Crippen LogP) is 2.90. The highest BCUT2D eigenvalue weighted by Gasteiger charge is 2.34. The molecule has 118 valence electrons. The monoisotopic (exact) mass is 293 g/mol. The van der Waals surface area contributed by atoms with Crippen LogP contribution in [0.25, 0.3) is 0 Å². The number of rotatable bonds is 6. The molecule has 1 atom stereocenters. The Morgan fingerprint density at radius 2 is 1.81 bits per heavy atom. The Labute approximate surface area is 127 Å². The molecule has 0 saturated carbocycles. The van der Waals surface area contributed by atoms with Crippen LogP contribution in [0.1, 0.15) is 40.2 Å². The molecule has 1 unspecified atom stereocenters. The van der Waals surface area contributed by atoms with Crippen LogP contribution in [0.3, 0.4) is 0 Å². The Hall–Kier alpha value is -1.55. The molecule has 1 aromatic carbocycles. The zero-order valence-electron chi connectivity index (χ0n) is 13.9. The van der Waals surface area contributed by atoms with E-state index in [2.05, 4.69) is 32.2 Å². The van der Waals surface area contributed by atoms with Gasteiger partial charge in [0.2, 0.25) is 0 Å². The third-order valence-electron chi connectivity index (χ3n) is 3.49. The number of esters is 1. The van der Waals surface area contributed by atoms with Crippen LogP contribution in [0.15, 0.2) is 24.3 Å². The minimum absolute atomic E-state index is 0.0173. The van der Waals surface area contributed by atoms with E-state index in [9.17, 15) is 4.79 Å². The summed E-state index contributed by atoms with van der Waals surface area (Å²) in [5.74, 6) is 0.497. The molecule has 0 amide bonds. The second kappa shape index (κ2) is 6.94. The molecule has 4 heteroatoms. The average Bonchev–Trinajstić information content (AvgIpc) is 2.44. The van der Waals surface area contributed by atoms with Gasteiger partial charge in [0.1, 0.15) is 17.9 Å². The van der Waals surface area contributed by atoms with Crippen LogP contribution in [0.4, 0.5) is 0 Å². The molecule has 0 aromatic heterocycles. The second-order valence-corrected chi connectivity index (χ2v) is 6.34. The third kappa shape index (κ3) is 4.46. The van der Waals surface area contributed by atoms with Gasteiger partial charge in [0.25, 0.3) is 0 Å². The number of carbonyl (C=O) groups excluding carboxylic acids is 1. The third-order valence-corrected chi connectivity index (χ3v) is 3.49. The molecule has 0 aliphatic heterocycles. The number of hydrogen-bond acceptors (Lipinski definition) is 4. The fraction of sp³-hybridized carbons (Fsp3) is 0.588. The van der Waals surface area contributed by atoms with Crippen molar-refractivity contribution in [1.82, 2.24) is 5.32 Å². The van der Waals surface area contributed by atoms with Gasteiger partial charge in [0, 0.05) is 0 Å². The van der Waals surface area contributed by atoms with Crippen molar-refractivity contribution in [2.24, 2.45) is 0 Å². The average molecular weight is 293 g/mol. The van der Waals surface area contributed by atoms with Crippen LogP contribution in [0.5, 0.6) is 5.75 Å². The van der Waals surface area contributed by atoms with Crippen molar-refractivity contribution in [2.75, 3.05) is 20.3 Å². The van der Waals surface area contributed by atoms with Gasteiger partial charge < -0.3 is 14.8 Å². The molecule has 0 aliphatic rings. The van der Waals surface area contributed by atoms with Crippen LogP contribution < -0.4 is 10.1 Å². The van der Waals surface area contributed by atoms with Gasteiger partial charge in [-0.15, -0.1) is 0 Å². The SMILES string of the molecule is CCOC(=O)C(C)(COc1ccccc1C(C)(C)C)NC. The lowest BCUT2D eigenvalue weighted by Gasteiger charge is -2.28. The first kappa shape index (κ1) is 17.5. The second-order valence-electron chi connectivity index (χ2n) is 6.34. The summed E-state index contributed by atoms with van der Waals surface area (Å²) >= 11 is 0. The van der Waals surface area contributed by atoms with E-state index in [1.54, 1.807) is 20.9 Å². The van der Waals surface area contributed by atoms with Gasteiger partial charge in [0.05, 0.1) is 6.61 Å². The van der Waals surface area contributed by atoms with Crippen molar-refractivity contribution in [1.29, 1.82) is 0 Å². The van der Waals surface area contributed by atoms with Crippen molar-refractivity contribution >= 4 is 5.97 Å². The smallest absolute Gasteiger partial charge is 0.329 e. The van der Waals surface area contributed by atoms with Gasteiger partial charge >= 0.3 is 5.97 Å². The van der Waals surface area contributed by atoms with E-state index in [1.165, 1.54) is 0 Å².